The van der Waals surface area contributed by atoms with E-state index < -0.39 is 0 Å². The monoisotopic (exact) mass is 279 g/mol. The van der Waals surface area contributed by atoms with Gasteiger partial charge in [-0.15, -0.1) is 11.6 Å². The molecule has 19 heavy (non-hydrogen) atoms. The largest absolute Gasteiger partial charge is 0.350 e. The Bertz CT molecular complexity index is 666. The van der Waals surface area contributed by atoms with Crippen molar-refractivity contribution in [3.05, 3.63) is 40.3 Å². The van der Waals surface area contributed by atoms with Crippen molar-refractivity contribution in [2.75, 3.05) is 5.88 Å². The first-order valence-corrected chi connectivity index (χ1v) is 6.44. The molecule has 100 valence electrons. The molecule has 0 fully saturated rings. The molecule has 0 spiro atoms. The Morgan fingerprint density at radius 2 is 2.05 bits per heavy atom. The fraction of sp³-hybridized carbons (Fsp3) is 0.308. The summed E-state index contributed by atoms with van der Waals surface area (Å²) in [5.41, 5.74) is 0.520. The predicted molar refractivity (Wildman–Crippen MR) is 74.2 cm³/mol. The Hall–Kier alpha value is -1.88. The standard InChI is InChI=1S/C13H14ClN3O2/c1-17-13(19)10-5-3-2-4-9(10)11(16-17)8-15-12(18)6-7-14/h2-5H,6-8H2,1H3,(H,15,18). The number of nitrogens with one attached hydrogen (secondary N) is 1. The normalized spacial score (nSPS) is 10.6. The van der Waals surface area contributed by atoms with E-state index in [2.05, 4.69) is 10.4 Å². The molecule has 5 nitrogen and oxygen atoms in total. The number of nitrogens with zero attached hydrogens (tertiary/aromatic N) is 2. The minimum absolute atomic E-state index is 0.130. The van der Waals surface area contributed by atoms with Gasteiger partial charge in [0.15, 0.2) is 0 Å². The van der Waals surface area contributed by atoms with Crippen LogP contribution in [0.1, 0.15) is 12.1 Å². The molecule has 1 aromatic carbocycles. The molecule has 0 aliphatic heterocycles. The first-order valence-electron chi connectivity index (χ1n) is 5.91. The Balaban J connectivity index is 2.36. The highest BCUT2D eigenvalue weighted by molar-refractivity contribution is 6.18. The van der Waals surface area contributed by atoms with Gasteiger partial charge >= 0.3 is 0 Å². The Labute approximate surface area is 115 Å². The molecule has 0 radical (unpaired) electrons. The number of rotatable bonds is 4. The SMILES string of the molecule is Cn1nc(CNC(=O)CCCl)c2ccccc2c1=O. The van der Waals surface area contributed by atoms with Crippen molar-refractivity contribution in [1.82, 2.24) is 15.1 Å². The second-order valence-electron chi connectivity index (χ2n) is 4.14. The quantitative estimate of drug-likeness (QED) is 0.855. The second kappa shape index (κ2) is 5.84. The zero-order valence-corrected chi connectivity index (χ0v) is 11.3. The summed E-state index contributed by atoms with van der Waals surface area (Å²) in [6.07, 6.45) is 0.269. The van der Waals surface area contributed by atoms with Gasteiger partial charge < -0.3 is 5.32 Å². The molecule has 1 aromatic heterocycles. The van der Waals surface area contributed by atoms with Crippen LogP contribution in [-0.2, 0) is 18.4 Å². The number of hydrogen-bond acceptors (Lipinski definition) is 3. The molecule has 1 heterocycles. The maximum atomic E-state index is 11.9. The summed E-state index contributed by atoms with van der Waals surface area (Å²) in [6, 6.07) is 7.23. The minimum atomic E-state index is -0.147. The highest BCUT2D eigenvalue weighted by Crippen LogP contribution is 2.12. The van der Waals surface area contributed by atoms with Crippen LogP contribution in [0.15, 0.2) is 29.1 Å². The lowest BCUT2D eigenvalue weighted by Crippen LogP contribution is -2.27. The molecule has 0 atom stereocenters. The number of amides is 1. The Morgan fingerprint density at radius 1 is 1.37 bits per heavy atom. The van der Waals surface area contributed by atoms with E-state index in [0.29, 0.717) is 11.1 Å². The van der Waals surface area contributed by atoms with Crippen LogP contribution in [0.5, 0.6) is 0 Å². The highest BCUT2D eigenvalue weighted by atomic mass is 35.5. The molecule has 1 amide bonds. The van der Waals surface area contributed by atoms with E-state index in [1.165, 1.54) is 4.68 Å². The fourth-order valence-corrected chi connectivity index (χ4v) is 2.03. The third-order valence-electron chi connectivity index (χ3n) is 2.81. The van der Waals surface area contributed by atoms with Crippen molar-refractivity contribution < 1.29 is 4.79 Å². The van der Waals surface area contributed by atoms with Gasteiger partial charge in [0.05, 0.1) is 17.6 Å². The first kappa shape index (κ1) is 13.5. The number of alkyl halides is 1. The summed E-state index contributed by atoms with van der Waals surface area (Å²) in [5.74, 6) is 0.155. The minimum Gasteiger partial charge on any atom is -0.350 e. The van der Waals surface area contributed by atoms with Crippen molar-refractivity contribution >= 4 is 28.3 Å². The van der Waals surface area contributed by atoms with Crippen molar-refractivity contribution in [2.24, 2.45) is 7.05 Å². The van der Waals surface area contributed by atoms with Gasteiger partial charge in [-0.05, 0) is 6.07 Å². The van der Waals surface area contributed by atoms with E-state index in [1.54, 1.807) is 19.2 Å². The van der Waals surface area contributed by atoms with Gasteiger partial charge in [0.25, 0.3) is 5.56 Å². The third-order valence-corrected chi connectivity index (χ3v) is 3.00. The fourth-order valence-electron chi connectivity index (χ4n) is 1.86. The van der Waals surface area contributed by atoms with Crippen molar-refractivity contribution in [2.45, 2.75) is 13.0 Å². The van der Waals surface area contributed by atoms with Crippen molar-refractivity contribution in [3.8, 4) is 0 Å². The number of halogens is 1. The van der Waals surface area contributed by atoms with Crippen LogP contribution in [0.2, 0.25) is 0 Å². The molecule has 2 aromatic rings. The van der Waals surface area contributed by atoms with E-state index in [4.69, 9.17) is 11.6 Å². The summed E-state index contributed by atoms with van der Waals surface area (Å²) in [6.45, 7) is 0.282. The Kier molecular flexibility index (Phi) is 4.16. The second-order valence-corrected chi connectivity index (χ2v) is 4.51. The van der Waals surface area contributed by atoms with Gasteiger partial charge in [-0.25, -0.2) is 4.68 Å². The van der Waals surface area contributed by atoms with E-state index in [1.807, 2.05) is 12.1 Å². The van der Waals surface area contributed by atoms with Crippen LogP contribution in [-0.4, -0.2) is 21.6 Å². The van der Waals surface area contributed by atoms with Crippen LogP contribution >= 0.6 is 11.6 Å². The maximum Gasteiger partial charge on any atom is 0.274 e. The van der Waals surface area contributed by atoms with Gasteiger partial charge in [-0.2, -0.15) is 5.10 Å². The van der Waals surface area contributed by atoms with Crippen LogP contribution in [0.4, 0.5) is 0 Å². The van der Waals surface area contributed by atoms with E-state index in [-0.39, 0.29) is 30.3 Å². The lowest BCUT2D eigenvalue weighted by molar-refractivity contribution is -0.120. The van der Waals surface area contributed by atoms with Crippen LogP contribution in [0, 0.1) is 0 Å². The smallest absolute Gasteiger partial charge is 0.274 e. The molecule has 1 N–H and O–H groups in total. The lowest BCUT2D eigenvalue weighted by atomic mass is 10.1. The molecular formula is C13H14ClN3O2. The van der Waals surface area contributed by atoms with Gasteiger partial charge in [0.2, 0.25) is 5.91 Å². The number of aromatic nitrogens is 2. The van der Waals surface area contributed by atoms with Gasteiger partial charge in [-0.1, -0.05) is 18.2 Å². The third kappa shape index (κ3) is 2.93. The molecule has 0 unspecified atom stereocenters. The van der Waals surface area contributed by atoms with Crippen LogP contribution in [0.25, 0.3) is 10.8 Å². The molecule has 0 aliphatic rings. The highest BCUT2D eigenvalue weighted by Gasteiger charge is 2.09. The lowest BCUT2D eigenvalue weighted by Gasteiger charge is -2.08. The van der Waals surface area contributed by atoms with Gasteiger partial charge in [0, 0.05) is 24.7 Å². The number of fused-ring (bicyclic) bond motifs is 1. The predicted octanol–water partition coefficient (Wildman–Crippen LogP) is 1.18. The summed E-state index contributed by atoms with van der Waals surface area (Å²) in [4.78, 5) is 23.3. The number of benzene rings is 1. The van der Waals surface area contributed by atoms with Crippen molar-refractivity contribution in [3.63, 3.8) is 0 Å². The number of carbonyl (C=O) groups excluding carboxylic acids is 1. The number of hydrogen-bond donors (Lipinski definition) is 1. The summed E-state index contributed by atoms with van der Waals surface area (Å²) >= 11 is 5.50. The van der Waals surface area contributed by atoms with Crippen LogP contribution < -0.4 is 10.9 Å². The molecule has 6 heteroatoms. The van der Waals surface area contributed by atoms with Gasteiger partial charge in [0.1, 0.15) is 0 Å². The van der Waals surface area contributed by atoms with E-state index in [9.17, 15) is 9.59 Å². The van der Waals surface area contributed by atoms with E-state index in [0.717, 1.165) is 5.39 Å². The van der Waals surface area contributed by atoms with Crippen LogP contribution in [0.3, 0.4) is 0 Å². The average molecular weight is 280 g/mol. The maximum absolute atomic E-state index is 11.9. The van der Waals surface area contributed by atoms with Crippen molar-refractivity contribution in [1.29, 1.82) is 0 Å². The summed E-state index contributed by atoms with van der Waals surface area (Å²) in [5, 5.41) is 8.29. The zero-order chi connectivity index (χ0) is 13.8. The van der Waals surface area contributed by atoms with Gasteiger partial charge in [-0.3, -0.25) is 9.59 Å². The zero-order valence-electron chi connectivity index (χ0n) is 10.5. The molecule has 0 aliphatic carbocycles. The molecule has 2 rings (SSSR count). The number of carbonyl (C=O) groups is 1. The molecule has 0 bridgehead atoms. The molecular weight excluding hydrogens is 266 g/mol. The average Bonchev–Trinajstić information content (AvgIpc) is 2.42. The number of aryl methyl sites for hydroxylation is 1. The first-order chi connectivity index (χ1) is 9.13. The Morgan fingerprint density at radius 3 is 2.74 bits per heavy atom. The molecule has 0 saturated carbocycles. The summed E-state index contributed by atoms with van der Waals surface area (Å²) < 4.78 is 1.28. The molecule has 0 saturated heterocycles. The topological polar surface area (TPSA) is 64.0 Å². The van der Waals surface area contributed by atoms with E-state index >= 15 is 0 Å². The summed E-state index contributed by atoms with van der Waals surface area (Å²) in [7, 11) is 1.60.